The number of esters is 1. The molecule has 0 N–H and O–H groups in total. The summed E-state index contributed by atoms with van der Waals surface area (Å²) in [5.74, 6) is 0.725. The first-order valence-corrected chi connectivity index (χ1v) is 8.42. The molecule has 0 bridgehead atoms. The Bertz CT molecular complexity index is 1060. The van der Waals surface area contributed by atoms with Crippen LogP contribution in [0.15, 0.2) is 41.2 Å². The van der Waals surface area contributed by atoms with Crippen molar-refractivity contribution < 1.29 is 23.7 Å². The molecule has 0 aliphatic heterocycles. The average molecular weight is 384 g/mol. The highest BCUT2D eigenvalue weighted by Gasteiger charge is 2.18. The van der Waals surface area contributed by atoms with Crippen molar-refractivity contribution in [3.05, 3.63) is 58.0 Å². The third-order valence-corrected chi connectivity index (χ3v) is 4.24. The molecule has 0 saturated carbocycles. The first kappa shape index (κ1) is 19.2. The normalized spacial score (nSPS) is 10.6. The van der Waals surface area contributed by atoms with Crippen LogP contribution < -0.4 is 19.8 Å². The third-order valence-electron chi connectivity index (χ3n) is 4.24. The smallest absolute Gasteiger partial charge is 0.359 e. The molecule has 28 heavy (non-hydrogen) atoms. The van der Waals surface area contributed by atoms with Crippen molar-refractivity contribution in [1.29, 1.82) is 0 Å². The van der Waals surface area contributed by atoms with Gasteiger partial charge in [-0.25, -0.2) is 9.48 Å². The van der Waals surface area contributed by atoms with E-state index in [1.54, 1.807) is 36.4 Å². The van der Waals surface area contributed by atoms with Crippen LogP contribution in [0.5, 0.6) is 17.2 Å². The van der Waals surface area contributed by atoms with Gasteiger partial charge < -0.3 is 18.9 Å². The fourth-order valence-corrected chi connectivity index (χ4v) is 2.89. The lowest BCUT2D eigenvalue weighted by Crippen LogP contribution is -2.23. The van der Waals surface area contributed by atoms with Crippen molar-refractivity contribution in [2.24, 2.45) is 7.05 Å². The van der Waals surface area contributed by atoms with Gasteiger partial charge in [-0.1, -0.05) is 18.2 Å². The number of fused-ring (bicyclic) bond motifs is 1. The Kier molecular flexibility index (Phi) is 5.49. The molecule has 0 atom stereocenters. The molecule has 0 spiro atoms. The number of rotatable bonds is 6. The zero-order valence-corrected chi connectivity index (χ0v) is 16.0. The van der Waals surface area contributed by atoms with Gasteiger partial charge in [-0.15, -0.1) is 0 Å². The summed E-state index contributed by atoms with van der Waals surface area (Å²) in [4.78, 5) is 24.8. The van der Waals surface area contributed by atoms with E-state index in [1.807, 2.05) is 0 Å². The van der Waals surface area contributed by atoms with E-state index in [1.165, 1.54) is 28.4 Å². The zero-order chi connectivity index (χ0) is 20.3. The summed E-state index contributed by atoms with van der Waals surface area (Å²) in [6, 6.07) is 10.2. The molecule has 1 aromatic heterocycles. The minimum Gasteiger partial charge on any atom is -0.493 e. The van der Waals surface area contributed by atoms with Crippen molar-refractivity contribution >= 4 is 16.7 Å². The lowest BCUT2D eigenvalue weighted by atomic mass is 10.1. The number of hydrogen-bond acceptors (Lipinski definition) is 7. The molecule has 2 aromatic carbocycles. The van der Waals surface area contributed by atoms with E-state index in [-0.39, 0.29) is 17.9 Å². The molecule has 0 radical (unpaired) electrons. The largest absolute Gasteiger partial charge is 0.493 e. The highest BCUT2D eigenvalue weighted by atomic mass is 16.5. The van der Waals surface area contributed by atoms with Gasteiger partial charge in [-0.05, 0) is 23.8 Å². The molecule has 8 nitrogen and oxygen atoms in total. The fraction of sp³-hybridized carbons (Fsp3) is 0.250. The second-order valence-electron chi connectivity index (χ2n) is 5.93. The number of aromatic nitrogens is 2. The molecule has 0 amide bonds. The number of aryl methyl sites for hydroxylation is 1. The van der Waals surface area contributed by atoms with Crippen LogP contribution in [0.3, 0.4) is 0 Å². The van der Waals surface area contributed by atoms with Crippen LogP contribution in [0.4, 0.5) is 0 Å². The monoisotopic (exact) mass is 384 g/mol. The Morgan fingerprint density at radius 1 is 1.00 bits per heavy atom. The number of carbonyl (C=O) groups is 1. The number of methoxy groups -OCH3 is 3. The molecule has 0 saturated heterocycles. The van der Waals surface area contributed by atoms with E-state index < -0.39 is 5.97 Å². The van der Waals surface area contributed by atoms with Gasteiger partial charge in [-0.3, -0.25) is 4.79 Å². The fourth-order valence-electron chi connectivity index (χ4n) is 2.89. The van der Waals surface area contributed by atoms with E-state index in [9.17, 15) is 9.59 Å². The molecule has 146 valence electrons. The molecule has 0 aliphatic rings. The van der Waals surface area contributed by atoms with Crippen LogP contribution in [0.25, 0.3) is 10.8 Å². The van der Waals surface area contributed by atoms with Crippen molar-refractivity contribution in [2.45, 2.75) is 6.61 Å². The second kappa shape index (κ2) is 7.99. The minimum absolute atomic E-state index is 0.0333. The SMILES string of the molecule is COc1cc(COC(=O)c2nn(C)c(=O)c3ccccc23)cc(OC)c1OC. The van der Waals surface area contributed by atoms with Crippen LogP contribution in [0.2, 0.25) is 0 Å². The van der Waals surface area contributed by atoms with Gasteiger partial charge in [0.15, 0.2) is 17.2 Å². The van der Waals surface area contributed by atoms with Crippen LogP contribution >= 0.6 is 0 Å². The molecular weight excluding hydrogens is 364 g/mol. The molecule has 0 fully saturated rings. The van der Waals surface area contributed by atoms with Gasteiger partial charge in [-0.2, -0.15) is 5.10 Å². The van der Waals surface area contributed by atoms with Gasteiger partial charge >= 0.3 is 5.97 Å². The summed E-state index contributed by atoms with van der Waals surface area (Å²) in [5.41, 5.74) is 0.443. The predicted octanol–water partition coefficient (Wildman–Crippen LogP) is 2.32. The minimum atomic E-state index is -0.638. The first-order valence-electron chi connectivity index (χ1n) is 8.42. The van der Waals surface area contributed by atoms with Crippen LogP contribution in [0, 0.1) is 0 Å². The molecule has 0 unspecified atom stereocenters. The van der Waals surface area contributed by atoms with E-state index in [4.69, 9.17) is 18.9 Å². The topological polar surface area (TPSA) is 88.9 Å². The van der Waals surface area contributed by atoms with E-state index in [0.717, 1.165) is 4.68 Å². The van der Waals surface area contributed by atoms with E-state index in [0.29, 0.717) is 33.6 Å². The van der Waals surface area contributed by atoms with Crippen molar-refractivity contribution in [3.63, 3.8) is 0 Å². The highest BCUT2D eigenvalue weighted by Crippen LogP contribution is 2.38. The molecule has 0 aliphatic carbocycles. The molecule has 3 aromatic rings. The van der Waals surface area contributed by atoms with Crippen molar-refractivity contribution in [3.8, 4) is 17.2 Å². The summed E-state index contributed by atoms with van der Waals surface area (Å²) in [6.07, 6.45) is 0. The van der Waals surface area contributed by atoms with Crippen LogP contribution in [-0.4, -0.2) is 37.1 Å². The quantitative estimate of drug-likeness (QED) is 0.603. The molecule has 1 heterocycles. The molecular formula is C20H20N2O6. The van der Waals surface area contributed by atoms with E-state index in [2.05, 4.69) is 5.10 Å². The maximum absolute atomic E-state index is 12.6. The number of benzene rings is 2. The summed E-state index contributed by atoms with van der Waals surface area (Å²) < 4.78 is 22.4. The summed E-state index contributed by atoms with van der Waals surface area (Å²) in [7, 11) is 6.02. The summed E-state index contributed by atoms with van der Waals surface area (Å²) in [5, 5.41) is 4.92. The number of nitrogens with zero attached hydrogens (tertiary/aromatic N) is 2. The molecule has 3 rings (SSSR count). The zero-order valence-electron chi connectivity index (χ0n) is 16.0. The number of ether oxygens (including phenoxy) is 4. The van der Waals surface area contributed by atoms with Gasteiger partial charge in [0.2, 0.25) is 5.75 Å². The Labute approximate surface area is 161 Å². The van der Waals surface area contributed by atoms with Crippen LogP contribution in [-0.2, 0) is 18.4 Å². The molecule has 8 heteroatoms. The van der Waals surface area contributed by atoms with Gasteiger partial charge in [0.05, 0.1) is 26.7 Å². The van der Waals surface area contributed by atoms with Gasteiger partial charge in [0, 0.05) is 12.4 Å². The Balaban J connectivity index is 1.90. The Morgan fingerprint density at radius 2 is 1.61 bits per heavy atom. The lowest BCUT2D eigenvalue weighted by Gasteiger charge is -2.14. The Hall–Kier alpha value is -3.55. The van der Waals surface area contributed by atoms with Gasteiger partial charge in [0.25, 0.3) is 5.56 Å². The lowest BCUT2D eigenvalue weighted by molar-refractivity contribution is 0.0465. The number of carbonyl (C=O) groups excluding carboxylic acids is 1. The Morgan fingerprint density at radius 3 is 2.18 bits per heavy atom. The van der Waals surface area contributed by atoms with Crippen LogP contribution in [0.1, 0.15) is 16.1 Å². The van der Waals surface area contributed by atoms with Crippen molar-refractivity contribution in [1.82, 2.24) is 9.78 Å². The van der Waals surface area contributed by atoms with E-state index >= 15 is 0 Å². The van der Waals surface area contributed by atoms with Crippen molar-refractivity contribution in [2.75, 3.05) is 21.3 Å². The maximum atomic E-state index is 12.6. The van der Waals surface area contributed by atoms with Gasteiger partial charge in [0.1, 0.15) is 6.61 Å². The number of hydrogen-bond donors (Lipinski definition) is 0. The summed E-state index contributed by atoms with van der Waals surface area (Å²) in [6.45, 7) is -0.0333. The first-order chi connectivity index (χ1) is 13.5. The standard InChI is InChI=1S/C20H20N2O6/c1-22-19(23)14-8-6-5-7-13(14)17(21-22)20(24)28-11-12-9-15(25-2)18(27-4)16(10-12)26-3/h5-10H,11H2,1-4H3. The predicted molar refractivity (Wildman–Crippen MR) is 102 cm³/mol. The average Bonchev–Trinajstić information content (AvgIpc) is 2.73. The highest BCUT2D eigenvalue weighted by molar-refractivity contribution is 6.02. The summed E-state index contributed by atoms with van der Waals surface area (Å²) >= 11 is 0. The maximum Gasteiger partial charge on any atom is 0.359 e. The second-order valence-corrected chi connectivity index (χ2v) is 5.93. The third kappa shape index (κ3) is 3.48.